The van der Waals surface area contributed by atoms with Crippen LogP contribution in [0.4, 0.5) is 0 Å². The van der Waals surface area contributed by atoms with Gasteiger partial charge in [-0.25, -0.2) is 0 Å². The van der Waals surface area contributed by atoms with E-state index in [1.54, 1.807) is 45.1 Å². The Morgan fingerprint density at radius 2 is 1.45 bits per heavy atom. The van der Waals surface area contributed by atoms with E-state index in [1.165, 1.54) is 50.3 Å². The lowest BCUT2D eigenvalue weighted by Gasteiger charge is -2.24. The Labute approximate surface area is 296 Å². The number of Topliss-reactive ketones (excluding diaryl/α,β-unsaturated/α-hetero) is 4. The van der Waals surface area contributed by atoms with Crippen LogP contribution < -0.4 is 5.32 Å². The molecule has 2 heterocycles. The number of amides is 1. The fraction of sp³-hybridized carbons (Fsp3) is 0.359. The van der Waals surface area contributed by atoms with Crippen molar-refractivity contribution in [3.05, 3.63) is 106 Å². The Bertz CT molecular complexity index is 1790. The molecule has 12 heteroatoms. The van der Waals surface area contributed by atoms with E-state index in [4.69, 9.17) is 0 Å². The Morgan fingerprint density at radius 3 is 2.12 bits per heavy atom. The smallest absolute Gasteiger partial charge is 0.253 e. The summed E-state index contributed by atoms with van der Waals surface area (Å²) in [7, 11) is 0. The third kappa shape index (κ3) is 9.83. The molecule has 0 saturated carbocycles. The van der Waals surface area contributed by atoms with Crippen molar-refractivity contribution in [2.24, 2.45) is 17.8 Å². The van der Waals surface area contributed by atoms with E-state index in [-0.39, 0.29) is 35.3 Å². The van der Waals surface area contributed by atoms with E-state index in [9.17, 15) is 54.6 Å². The van der Waals surface area contributed by atoms with E-state index in [2.05, 4.69) is 5.32 Å². The summed E-state index contributed by atoms with van der Waals surface area (Å²) in [6, 6.07) is 1.20. The summed E-state index contributed by atoms with van der Waals surface area (Å²) >= 11 is 0. The summed E-state index contributed by atoms with van der Waals surface area (Å²) < 4.78 is 0. The van der Waals surface area contributed by atoms with Gasteiger partial charge in [0.05, 0.1) is 36.0 Å². The van der Waals surface area contributed by atoms with Crippen LogP contribution >= 0.6 is 0 Å². The van der Waals surface area contributed by atoms with E-state index < -0.39 is 94.3 Å². The highest BCUT2D eigenvalue weighted by Crippen LogP contribution is 2.37. The first-order valence-corrected chi connectivity index (χ1v) is 16.5. The van der Waals surface area contributed by atoms with Crippen LogP contribution in [-0.2, 0) is 14.4 Å². The largest absolute Gasteiger partial charge is 0.507 e. The zero-order valence-electron chi connectivity index (χ0n) is 29.2. The van der Waals surface area contributed by atoms with Crippen molar-refractivity contribution in [2.75, 3.05) is 6.61 Å². The SMILES string of the molecule is C/C1=C/C[C@H](O)/C=C\[C@H](C)[C@H](O)[C@@H](CO)/C=C(/C)C(=O)c2c(O)c(C)cc3c2C(=O)C(=O)C(=C3O)NC(=O)\C=C/C=C\C=C/[C@H](C)[C@@H](O)CC1=O. The molecule has 2 aliphatic heterocycles. The fourth-order valence-electron chi connectivity index (χ4n) is 5.53. The highest BCUT2D eigenvalue weighted by molar-refractivity contribution is 6.53. The number of aryl methyl sites for hydroxylation is 1. The lowest BCUT2D eigenvalue weighted by molar-refractivity contribution is -0.118. The third-order valence-corrected chi connectivity index (χ3v) is 8.87. The number of benzene rings is 1. The minimum absolute atomic E-state index is 0.0741. The van der Waals surface area contributed by atoms with Crippen molar-refractivity contribution in [3.8, 4) is 5.75 Å². The highest BCUT2D eigenvalue weighted by Gasteiger charge is 2.39. The Kier molecular flexibility index (Phi) is 14.1. The second kappa shape index (κ2) is 17.8. The number of nitrogens with one attached hydrogen (secondary N) is 1. The maximum absolute atomic E-state index is 13.8. The third-order valence-electron chi connectivity index (χ3n) is 8.87. The molecule has 0 spiro atoms. The second-order valence-electron chi connectivity index (χ2n) is 12.8. The van der Waals surface area contributed by atoms with Gasteiger partial charge in [-0.3, -0.25) is 24.0 Å². The van der Waals surface area contributed by atoms with Gasteiger partial charge in [0.1, 0.15) is 11.4 Å². The minimum atomic E-state index is -1.33. The van der Waals surface area contributed by atoms with Crippen molar-refractivity contribution in [1.29, 1.82) is 0 Å². The number of phenols is 1. The van der Waals surface area contributed by atoms with Crippen molar-refractivity contribution < 1.29 is 54.6 Å². The molecule has 3 aliphatic rings. The molecule has 0 aromatic heterocycles. The molecule has 1 aromatic rings. The van der Waals surface area contributed by atoms with Gasteiger partial charge in [0.25, 0.3) is 5.78 Å². The molecule has 6 atom stereocenters. The zero-order chi connectivity index (χ0) is 38.2. The molecule has 1 amide bonds. The highest BCUT2D eigenvalue weighted by atomic mass is 16.3. The molecule has 272 valence electrons. The number of carbonyl (C=O) groups is 5. The monoisotopic (exact) mass is 703 g/mol. The van der Waals surface area contributed by atoms with Gasteiger partial charge in [-0.2, -0.15) is 0 Å². The number of carbonyl (C=O) groups excluding carboxylic acids is 5. The van der Waals surface area contributed by atoms with Gasteiger partial charge in [0.2, 0.25) is 11.7 Å². The number of rotatable bonds is 1. The average molecular weight is 704 g/mol. The predicted molar refractivity (Wildman–Crippen MR) is 189 cm³/mol. The van der Waals surface area contributed by atoms with Crippen molar-refractivity contribution in [2.45, 2.75) is 65.8 Å². The van der Waals surface area contributed by atoms with Crippen LogP contribution in [-0.4, -0.2) is 84.6 Å². The lowest BCUT2D eigenvalue weighted by Crippen LogP contribution is -2.35. The number of phenolic OH excluding ortho intramolecular Hbond substituents is 1. The first-order valence-electron chi connectivity index (χ1n) is 16.5. The molecule has 1 aliphatic carbocycles. The normalized spacial score (nSPS) is 31.0. The summed E-state index contributed by atoms with van der Waals surface area (Å²) in [5.74, 6) is -8.16. The molecule has 0 fully saturated rings. The van der Waals surface area contributed by atoms with Crippen LogP contribution in [0.1, 0.15) is 72.4 Å². The lowest BCUT2D eigenvalue weighted by atomic mass is 9.82. The van der Waals surface area contributed by atoms with Crippen LogP contribution in [0.2, 0.25) is 0 Å². The molecule has 51 heavy (non-hydrogen) atoms. The number of hydrogen-bond donors (Lipinski definition) is 7. The molecule has 0 unspecified atom stereocenters. The number of hydrogen-bond acceptors (Lipinski definition) is 11. The summed E-state index contributed by atoms with van der Waals surface area (Å²) in [5.41, 5.74) is -1.79. The van der Waals surface area contributed by atoms with Gasteiger partial charge >= 0.3 is 0 Å². The molecule has 1 aromatic carbocycles. The van der Waals surface area contributed by atoms with Crippen molar-refractivity contribution in [1.82, 2.24) is 5.32 Å². The fourth-order valence-corrected chi connectivity index (χ4v) is 5.53. The number of aliphatic hydroxyl groups is 5. The summed E-state index contributed by atoms with van der Waals surface area (Å²) in [6.45, 7) is 7.05. The molecule has 0 saturated heterocycles. The second-order valence-corrected chi connectivity index (χ2v) is 12.8. The number of fused-ring (bicyclic) bond motifs is 18. The molecular formula is C39H45NO11. The Balaban J connectivity index is 2.10. The molecule has 7 N–H and O–H groups in total. The predicted octanol–water partition coefficient (Wildman–Crippen LogP) is 3.44. The number of ketones is 4. The van der Waals surface area contributed by atoms with Gasteiger partial charge < -0.3 is 36.0 Å². The molecule has 0 radical (unpaired) electrons. The minimum Gasteiger partial charge on any atom is -0.507 e. The standard InChI is InChI=1S/C39H45NO11/c1-20-10-8-6-7-9-11-30(45)40-33-37(49)27-17-24(5)36(48)32(31(27)38(50)39(33)51)35(47)23(4)16-25(19-41)34(46)22(3)13-15-26(42)14-12-21(2)29(44)18-28(20)43/h6-13,15-17,20,22,25-26,28,34,41-43,46,48-49H,14,18-19H2,1-5H3,(H,40,45)/b7-6-,10-8-,11-9-,15-13-,21-12-,23-16-/t20-,22-,25+,26-,28-,34-/m0/s1. The number of aromatic hydroxyl groups is 1. The summed E-state index contributed by atoms with van der Waals surface area (Å²) in [5, 5.41) is 66.4. The zero-order valence-corrected chi connectivity index (χ0v) is 29.2. The maximum Gasteiger partial charge on any atom is 0.253 e. The topological polar surface area (TPSA) is 219 Å². The van der Waals surface area contributed by atoms with E-state index in [1.807, 2.05) is 0 Å². The van der Waals surface area contributed by atoms with Gasteiger partial charge in [-0.15, -0.1) is 0 Å². The molecule has 4 bridgehead atoms. The summed E-state index contributed by atoms with van der Waals surface area (Å²) in [4.78, 5) is 65.6. The van der Waals surface area contributed by atoms with Crippen LogP contribution in [0.25, 0.3) is 5.76 Å². The summed E-state index contributed by atoms with van der Waals surface area (Å²) in [6.07, 6.45) is 11.1. The molecule has 12 nitrogen and oxygen atoms in total. The van der Waals surface area contributed by atoms with Gasteiger partial charge in [0, 0.05) is 35.8 Å². The van der Waals surface area contributed by atoms with Crippen LogP contribution in [0, 0.1) is 24.7 Å². The maximum atomic E-state index is 13.8. The average Bonchev–Trinajstić information content (AvgIpc) is 3.10. The quantitative estimate of drug-likeness (QED) is 0.166. The van der Waals surface area contributed by atoms with E-state index in [0.29, 0.717) is 5.57 Å². The Morgan fingerprint density at radius 1 is 0.784 bits per heavy atom. The Hall–Kier alpha value is -5.01. The first kappa shape index (κ1) is 40.4. The van der Waals surface area contributed by atoms with Crippen molar-refractivity contribution >= 4 is 34.8 Å². The van der Waals surface area contributed by atoms with Crippen LogP contribution in [0.3, 0.4) is 0 Å². The number of aliphatic hydroxyl groups excluding tert-OH is 5. The van der Waals surface area contributed by atoms with Crippen LogP contribution in [0.5, 0.6) is 5.75 Å². The van der Waals surface area contributed by atoms with Gasteiger partial charge in [0.15, 0.2) is 17.3 Å². The van der Waals surface area contributed by atoms with Gasteiger partial charge in [-0.1, -0.05) is 68.5 Å². The van der Waals surface area contributed by atoms with Crippen LogP contribution in [0.15, 0.2) is 83.7 Å². The van der Waals surface area contributed by atoms with Gasteiger partial charge in [-0.05, 0) is 50.0 Å². The number of allylic oxidation sites excluding steroid dienone is 7. The molecular weight excluding hydrogens is 658 g/mol. The van der Waals surface area contributed by atoms with Crippen molar-refractivity contribution in [3.63, 3.8) is 0 Å². The molecule has 4 rings (SSSR count). The first-order chi connectivity index (χ1) is 24.0. The van der Waals surface area contributed by atoms with E-state index in [0.717, 1.165) is 6.08 Å². The van der Waals surface area contributed by atoms with E-state index >= 15 is 0 Å².